The topological polar surface area (TPSA) is 24.7 Å². The minimum atomic E-state index is 0.0143. The Balaban J connectivity index is 2.17. The van der Waals surface area contributed by atoms with Gasteiger partial charge in [0.05, 0.1) is 5.71 Å². The molecule has 112 valence electrons. The number of hydrogen-bond donors (Lipinski definition) is 0. The summed E-state index contributed by atoms with van der Waals surface area (Å²) < 4.78 is 0. The molecule has 1 atom stereocenters. The van der Waals surface area contributed by atoms with Crippen LogP contribution in [0.2, 0.25) is 0 Å². The van der Waals surface area contributed by atoms with Gasteiger partial charge in [-0.2, -0.15) is 0 Å². The second-order valence-corrected chi connectivity index (χ2v) is 6.09. The molecule has 0 aliphatic carbocycles. The largest absolute Gasteiger partial charge is 0.259 e. The molecule has 0 spiro atoms. The van der Waals surface area contributed by atoms with E-state index in [4.69, 9.17) is 0 Å². The van der Waals surface area contributed by atoms with Crippen molar-refractivity contribution in [3.05, 3.63) is 69.3 Å². The molecule has 0 saturated heterocycles. The van der Waals surface area contributed by atoms with E-state index in [1.807, 2.05) is 6.07 Å². The van der Waals surface area contributed by atoms with Gasteiger partial charge >= 0.3 is 0 Å². The zero-order valence-electron chi connectivity index (χ0n) is 13.9. The summed E-state index contributed by atoms with van der Waals surface area (Å²) in [6.07, 6.45) is 1.70. The molecular formula is C20H22N2. The quantitative estimate of drug-likeness (QED) is 0.759. The molecule has 0 saturated carbocycles. The minimum absolute atomic E-state index is 0.0143. The molecular weight excluding hydrogens is 268 g/mol. The zero-order chi connectivity index (χ0) is 15.9. The van der Waals surface area contributed by atoms with Gasteiger partial charge in [0.25, 0.3) is 0 Å². The molecule has 1 aliphatic heterocycles. The molecule has 2 nitrogen and oxygen atoms in total. The first-order valence-corrected chi connectivity index (χ1v) is 7.74. The standard InChI is InChI=1S/C20H22N2/c1-12-13(2)15(4)18(16(5)14(12)3)20-19(21-11-22-20)17-9-7-6-8-10-17/h6-11,20H,1-5H3. The van der Waals surface area contributed by atoms with Crippen molar-refractivity contribution in [3.63, 3.8) is 0 Å². The SMILES string of the molecule is Cc1c(C)c(C)c(C2N=CN=C2c2ccccc2)c(C)c1C. The number of aliphatic imine (C=N–C) groups is 2. The lowest BCUT2D eigenvalue weighted by Gasteiger charge is -2.22. The van der Waals surface area contributed by atoms with Crippen LogP contribution in [0.1, 0.15) is 45.0 Å². The summed E-state index contributed by atoms with van der Waals surface area (Å²) in [5.74, 6) is 0. The van der Waals surface area contributed by atoms with Gasteiger partial charge in [-0.15, -0.1) is 0 Å². The highest BCUT2D eigenvalue weighted by molar-refractivity contribution is 6.11. The van der Waals surface area contributed by atoms with E-state index in [0.29, 0.717) is 0 Å². The van der Waals surface area contributed by atoms with Crippen LogP contribution in [0, 0.1) is 34.6 Å². The zero-order valence-corrected chi connectivity index (χ0v) is 13.9. The molecule has 0 amide bonds. The van der Waals surface area contributed by atoms with Crippen LogP contribution in [-0.2, 0) is 0 Å². The Hall–Kier alpha value is -2.22. The summed E-state index contributed by atoms with van der Waals surface area (Å²) in [6.45, 7) is 11.0. The third kappa shape index (κ3) is 2.19. The van der Waals surface area contributed by atoms with Crippen LogP contribution in [0.25, 0.3) is 0 Å². The van der Waals surface area contributed by atoms with Gasteiger partial charge in [0.1, 0.15) is 12.4 Å². The molecule has 1 aliphatic rings. The lowest BCUT2D eigenvalue weighted by Crippen LogP contribution is -2.14. The number of rotatable bonds is 2. The van der Waals surface area contributed by atoms with Gasteiger partial charge in [-0.3, -0.25) is 4.99 Å². The third-order valence-electron chi connectivity index (χ3n) is 5.07. The molecule has 1 heterocycles. The molecule has 0 N–H and O–H groups in total. The van der Waals surface area contributed by atoms with Crippen molar-refractivity contribution in [1.29, 1.82) is 0 Å². The van der Waals surface area contributed by atoms with Crippen molar-refractivity contribution in [2.45, 2.75) is 40.7 Å². The molecule has 0 radical (unpaired) electrons. The van der Waals surface area contributed by atoms with Crippen molar-refractivity contribution in [2.24, 2.45) is 9.98 Å². The highest BCUT2D eigenvalue weighted by Gasteiger charge is 2.26. The summed E-state index contributed by atoms with van der Waals surface area (Å²) >= 11 is 0. The number of nitrogens with zero attached hydrogens (tertiary/aromatic N) is 2. The van der Waals surface area contributed by atoms with Crippen molar-refractivity contribution in [2.75, 3.05) is 0 Å². The molecule has 2 aromatic carbocycles. The molecule has 0 fully saturated rings. The number of hydrogen-bond acceptors (Lipinski definition) is 2. The second-order valence-electron chi connectivity index (χ2n) is 6.09. The predicted molar refractivity (Wildman–Crippen MR) is 94.3 cm³/mol. The lowest BCUT2D eigenvalue weighted by atomic mass is 9.84. The smallest absolute Gasteiger partial charge is 0.120 e. The van der Waals surface area contributed by atoms with Gasteiger partial charge in [0.2, 0.25) is 0 Å². The maximum atomic E-state index is 4.67. The van der Waals surface area contributed by atoms with E-state index in [2.05, 4.69) is 68.9 Å². The molecule has 2 heteroatoms. The Bertz CT molecular complexity index is 754. The number of benzene rings is 2. The summed E-state index contributed by atoms with van der Waals surface area (Å²) in [4.78, 5) is 9.22. The first-order chi connectivity index (χ1) is 10.5. The van der Waals surface area contributed by atoms with Gasteiger partial charge in [-0.25, -0.2) is 4.99 Å². The van der Waals surface area contributed by atoms with Crippen molar-refractivity contribution < 1.29 is 0 Å². The highest BCUT2D eigenvalue weighted by atomic mass is 15.0. The predicted octanol–water partition coefficient (Wildman–Crippen LogP) is 4.80. The fraction of sp³-hybridized carbons (Fsp3) is 0.300. The van der Waals surface area contributed by atoms with Crippen LogP contribution in [0.3, 0.4) is 0 Å². The maximum Gasteiger partial charge on any atom is 0.120 e. The Morgan fingerprint density at radius 2 is 1.27 bits per heavy atom. The third-order valence-corrected chi connectivity index (χ3v) is 5.07. The van der Waals surface area contributed by atoms with Crippen LogP contribution in [0.5, 0.6) is 0 Å². The van der Waals surface area contributed by atoms with Crippen LogP contribution >= 0.6 is 0 Å². The normalized spacial score (nSPS) is 17.0. The Morgan fingerprint density at radius 1 is 0.727 bits per heavy atom. The molecule has 3 rings (SSSR count). The first-order valence-electron chi connectivity index (χ1n) is 7.74. The Labute approximate surface area is 132 Å². The van der Waals surface area contributed by atoms with E-state index in [-0.39, 0.29) is 6.04 Å². The van der Waals surface area contributed by atoms with Crippen LogP contribution in [0.15, 0.2) is 40.3 Å². The summed E-state index contributed by atoms with van der Waals surface area (Å²) in [5.41, 5.74) is 10.3. The van der Waals surface area contributed by atoms with E-state index in [1.165, 1.54) is 33.4 Å². The van der Waals surface area contributed by atoms with Crippen molar-refractivity contribution in [1.82, 2.24) is 0 Å². The van der Waals surface area contributed by atoms with E-state index in [1.54, 1.807) is 6.34 Å². The minimum Gasteiger partial charge on any atom is -0.259 e. The Morgan fingerprint density at radius 3 is 1.86 bits per heavy atom. The van der Waals surface area contributed by atoms with Crippen LogP contribution in [-0.4, -0.2) is 12.1 Å². The van der Waals surface area contributed by atoms with Gasteiger partial charge in [0.15, 0.2) is 0 Å². The second kappa shape index (κ2) is 5.53. The maximum absolute atomic E-state index is 4.67. The summed E-state index contributed by atoms with van der Waals surface area (Å²) in [6, 6.07) is 10.4. The molecule has 22 heavy (non-hydrogen) atoms. The van der Waals surface area contributed by atoms with E-state index in [9.17, 15) is 0 Å². The average Bonchev–Trinajstić information content (AvgIpc) is 3.01. The van der Waals surface area contributed by atoms with Crippen LogP contribution < -0.4 is 0 Å². The molecule has 2 aromatic rings. The monoisotopic (exact) mass is 290 g/mol. The highest BCUT2D eigenvalue weighted by Crippen LogP contribution is 2.35. The lowest BCUT2D eigenvalue weighted by molar-refractivity contribution is 0.939. The van der Waals surface area contributed by atoms with Crippen molar-refractivity contribution >= 4 is 12.1 Å². The van der Waals surface area contributed by atoms with Gasteiger partial charge in [-0.1, -0.05) is 30.3 Å². The van der Waals surface area contributed by atoms with Crippen LogP contribution in [0.4, 0.5) is 0 Å². The van der Waals surface area contributed by atoms with Gasteiger partial charge in [-0.05, 0) is 73.6 Å². The van der Waals surface area contributed by atoms with Crippen molar-refractivity contribution in [3.8, 4) is 0 Å². The Kier molecular flexibility index (Phi) is 3.69. The fourth-order valence-electron chi connectivity index (χ4n) is 3.30. The molecule has 0 bridgehead atoms. The van der Waals surface area contributed by atoms with Gasteiger partial charge in [0, 0.05) is 0 Å². The van der Waals surface area contributed by atoms with E-state index in [0.717, 1.165) is 11.3 Å². The molecule has 1 unspecified atom stereocenters. The first kappa shape index (κ1) is 14.7. The fourth-order valence-corrected chi connectivity index (χ4v) is 3.30. The van der Waals surface area contributed by atoms with E-state index >= 15 is 0 Å². The summed E-state index contributed by atoms with van der Waals surface area (Å²) in [5, 5.41) is 0. The van der Waals surface area contributed by atoms with Gasteiger partial charge < -0.3 is 0 Å². The van der Waals surface area contributed by atoms with E-state index < -0.39 is 0 Å². The average molecular weight is 290 g/mol. The molecule has 0 aromatic heterocycles. The summed E-state index contributed by atoms with van der Waals surface area (Å²) in [7, 11) is 0.